The molecular formula is C16H25N3O2S. The summed E-state index contributed by atoms with van der Waals surface area (Å²) >= 11 is 1.94. The molecule has 1 amide bonds. The van der Waals surface area contributed by atoms with Gasteiger partial charge in [-0.1, -0.05) is 0 Å². The molecule has 2 saturated heterocycles. The van der Waals surface area contributed by atoms with Gasteiger partial charge in [0.15, 0.2) is 0 Å². The van der Waals surface area contributed by atoms with E-state index in [1.807, 2.05) is 36.4 Å². The van der Waals surface area contributed by atoms with Crippen molar-refractivity contribution in [2.24, 2.45) is 0 Å². The summed E-state index contributed by atoms with van der Waals surface area (Å²) in [6.07, 6.45) is 3.50. The molecule has 0 spiro atoms. The fourth-order valence-corrected chi connectivity index (χ4v) is 4.51. The Labute approximate surface area is 136 Å². The molecule has 0 aromatic carbocycles. The van der Waals surface area contributed by atoms with Gasteiger partial charge in [-0.2, -0.15) is 16.9 Å². The molecule has 22 heavy (non-hydrogen) atoms. The van der Waals surface area contributed by atoms with E-state index in [4.69, 9.17) is 4.74 Å². The molecule has 0 bridgehead atoms. The summed E-state index contributed by atoms with van der Waals surface area (Å²) in [5.41, 5.74) is 2.01. The Kier molecular flexibility index (Phi) is 5.08. The first-order valence-electron chi connectivity index (χ1n) is 8.13. The van der Waals surface area contributed by atoms with Crippen LogP contribution in [0.1, 0.15) is 30.7 Å². The van der Waals surface area contributed by atoms with Crippen LogP contribution in [0.4, 0.5) is 0 Å². The highest BCUT2D eigenvalue weighted by molar-refractivity contribution is 7.99. The molecule has 2 aliphatic rings. The summed E-state index contributed by atoms with van der Waals surface area (Å²) in [5.74, 6) is 2.38. The molecule has 0 unspecified atom stereocenters. The van der Waals surface area contributed by atoms with Crippen LogP contribution in [0.2, 0.25) is 0 Å². The van der Waals surface area contributed by atoms with Crippen LogP contribution in [0.25, 0.3) is 0 Å². The number of carbonyl (C=O) groups excluding carboxylic acids is 1. The maximum absolute atomic E-state index is 12.8. The maximum atomic E-state index is 12.8. The lowest BCUT2D eigenvalue weighted by Crippen LogP contribution is -2.46. The maximum Gasteiger partial charge on any atom is 0.244 e. The second kappa shape index (κ2) is 7.04. The molecule has 3 heterocycles. The smallest absolute Gasteiger partial charge is 0.244 e. The van der Waals surface area contributed by atoms with E-state index < -0.39 is 0 Å². The van der Waals surface area contributed by atoms with E-state index in [1.165, 1.54) is 0 Å². The number of amides is 1. The zero-order chi connectivity index (χ0) is 15.5. The van der Waals surface area contributed by atoms with Gasteiger partial charge in [0.05, 0.1) is 11.8 Å². The third-order valence-corrected chi connectivity index (χ3v) is 5.62. The van der Waals surface area contributed by atoms with Crippen LogP contribution >= 0.6 is 11.8 Å². The number of carbonyl (C=O) groups is 1. The Balaban J connectivity index is 1.69. The number of aromatic nitrogens is 2. The van der Waals surface area contributed by atoms with E-state index in [0.29, 0.717) is 12.6 Å². The Bertz CT molecular complexity index is 519. The minimum atomic E-state index is 0.175. The van der Waals surface area contributed by atoms with Crippen LogP contribution in [-0.4, -0.2) is 57.4 Å². The van der Waals surface area contributed by atoms with Crippen LogP contribution < -0.4 is 0 Å². The van der Waals surface area contributed by atoms with Crippen LogP contribution in [0, 0.1) is 13.8 Å². The molecule has 122 valence electrons. The molecule has 2 fully saturated rings. The first-order valence-corrected chi connectivity index (χ1v) is 9.29. The quantitative estimate of drug-likeness (QED) is 0.832. The topological polar surface area (TPSA) is 47.4 Å². The first-order chi connectivity index (χ1) is 10.6. The van der Waals surface area contributed by atoms with Crippen molar-refractivity contribution in [3.05, 3.63) is 17.5 Å². The highest BCUT2D eigenvalue weighted by atomic mass is 32.2. The van der Waals surface area contributed by atoms with Gasteiger partial charge >= 0.3 is 0 Å². The Morgan fingerprint density at radius 3 is 2.95 bits per heavy atom. The van der Waals surface area contributed by atoms with Crippen molar-refractivity contribution in [2.45, 2.75) is 51.8 Å². The second-order valence-electron chi connectivity index (χ2n) is 6.28. The summed E-state index contributed by atoms with van der Waals surface area (Å²) in [7, 11) is 0. The lowest BCUT2D eigenvalue weighted by molar-refractivity contribution is -0.135. The molecule has 0 aliphatic carbocycles. The second-order valence-corrected chi connectivity index (χ2v) is 7.43. The van der Waals surface area contributed by atoms with Crippen molar-refractivity contribution < 1.29 is 9.53 Å². The Morgan fingerprint density at radius 1 is 1.50 bits per heavy atom. The molecule has 0 radical (unpaired) electrons. The lowest BCUT2D eigenvalue weighted by Gasteiger charge is -2.31. The summed E-state index contributed by atoms with van der Waals surface area (Å²) in [6, 6.07) is 2.38. The fraction of sp³-hybridized carbons (Fsp3) is 0.750. The zero-order valence-corrected chi connectivity index (χ0v) is 14.3. The van der Waals surface area contributed by atoms with Crippen molar-refractivity contribution in [3.63, 3.8) is 0 Å². The summed E-state index contributed by atoms with van der Waals surface area (Å²) in [6.45, 7) is 5.88. The number of hydrogen-bond acceptors (Lipinski definition) is 4. The van der Waals surface area contributed by atoms with Crippen molar-refractivity contribution in [2.75, 3.05) is 24.7 Å². The number of hydrogen-bond donors (Lipinski definition) is 0. The third kappa shape index (κ3) is 3.66. The van der Waals surface area contributed by atoms with Crippen LogP contribution in [0.5, 0.6) is 0 Å². The Morgan fingerprint density at radius 2 is 2.36 bits per heavy atom. The molecule has 2 atom stereocenters. The van der Waals surface area contributed by atoms with E-state index in [9.17, 15) is 4.79 Å². The van der Waals surface area contributed by atoms with E-state index in [0.717, 1.165) is 55.3 Å². The SMILES string of the molecule is Cc1cc(C)n(CC(=O)N(C[C@H]2CCCO2)[C@H]2CCSC2)n1. The molecule has 3 rings (SSSR count). The number of rotatable bonds is 5. The van der Waals surface area contributed by atoms with Crippen molar-refractivity contribution in [1.29, 1.82) is 0 Å². The zero-order valence-electron chi connectivity index (χ0n) is 13.5. The highest BCUT2D eigenvalue weighted by Crippen LogP contribution is 2.25. The molecule has 6 heteroatoms. The molecule has 0 N–H and O–H groups in total. The monoisotopic (exact) mass is 323 g/mol. The Hall–Kier alpha value is -1.01. The van der Waals surface area contributed by atoms with E-state index in [-0.39, 0.29) is 12.0 Å². The number of nitrogens with zero attached hydrogens (tertiary/aromatic N) is 3. The summed E-state index contributed by atoms with van der Waals surface area (Å²) in [4.78, 5) is 14.9. The van der Waals surface area contributed by atoms with Gasteiger partial charge < -0.3 is 9.64 Å². The van der Waals surface area contributed by atoms with Gasteiger partial charge in [0, 0.05) is 30.6 Å². The summed E-state index contributed by atoms with van der Waals surface area (Å²) < 4.78 is 7.57. The third-order valence-electron chi connectivity index (χ3n) is 4.48. The van der Waals surface area contributed by atoms with Gasteiger partial charge in [-0.3, -0.25) is 9.48 Å². The number of ether oxygens (including phenoxy) is 1. The average Bonchev–Trinajstić information content (AvgIpc) is 3.20. The predicted molar refractivity (Wildman–Crippen MR) is 88.1 cm³/mol. The molecule has 1 aromatic rings. The minimum absolute atomic E-state index is 0.175. The van der Waals surface area contributed by atoms with Crippen molar-refractivity contribution in [1.82, 2.24) is 14.7 Å². The summed E-state index contributed by atoms with van der Waals surface area (Å²) in [5, 5.41) is 4.42. The highest BCUT2D eigenvalue weighted by Gasteiger charge is 2.30. The number of aryl methyl sites for hydroxylation is 2. The lowest BCUT2D eigenvalue weighted by atomic mass is 10.1. The van der Waals surface area contributed by atoms with Crippen LogP contribution in [0.3, 0.4) is 0 Å². The van der Waals surface area contributed by atoms with Gasteiger partial charge in [0.25, 0.3) is 0 Å². The van der Waals surface area contributed by atoms with Crippen molar-refractivity contribution in [3.8, 4) is 0 Å². The van der Waals surface area contributed by atoms with Gasteiger partial charge in [-0.05, 0) is 44.9 Å². The van der Waals surface area contributed by atoms with Gasteiger partial charge in [-0.25, -0.2) is 0 Å². The molecule has 2 aliphatic heterocycles. The fourth-order valence-electron chi connectivity index (χ4n) is 3.28. The van der Waals surface area contributed by atoms with Gasteiger partial charge in [-0.15, -0.1) is 0 Å². The minimum Gasteiger partial charge on any atom is -0.376 e. The molecule has 0 saturated carbocycles. The standard InChI is InChI=1S/C16H25N3O2S/c1-12-8-13(2)19(17-12)10-16(20)18(14-5-7-22-11-14)9-15-4-3-6-21-15/h8,14-15H,3-7,9-11H2,1-2H3/t14-,15+/m0/s1. The van der Waals surface area contributed by atoms with Gasteiger partial charge in [0.1, 0.15) is 6.54 Å². The normalized spacial score (nSPS) is 24.8. The molecule has 5 nitrogen and oxygen atoms in total. The number of thioether (sulfide) groups is 1. The average molecular weight is 323 g/mol. The van der Waals surface area contributed by atoms with Crippen LogP contribution in [0.15, 0.2) is 6.07 Å². The van der Waals surface area contributed by atoms with Crippen molar-refractivity contribution >= 4 is 17.7 Å². The van der Waals surface area contributed by atoms with E-state index in [1.54, 1.807) is 0 Å². The van der Waals surface area contributed by atoms with E-state index >= 15 is 0 Å². The largest absolute Gasteiger partial charge is 0.376 e. The molecular weight excluding hydrogens is 298 g/mol. The predicted octanol–water partition coefficient (Wildman–Crippen LogP) is 2.01. The molecule has 1 aromatic heterocycles. The van der Waals surface area contributed by atoms with E-state index in [2.05, 4.69) is 10.00 Å². The van der Waals surface area contributed by atoms with Gasteiger partial charge in [0.2, 0.25) is 5.91 Å². The first kappa shape index (κ1) is 15.9. The van der Waals surface area contributed by atoms with Crippen LogP contribution in [-0.2, 0) is 16.1 Å².